The first kappa shape index (κ1) is 18.4. The van der Waals surface area contributed by atoms with Gasteiger partial charge in [0, 0.05) is 38.8 Å². The average molecular weight is 349 g/mol. The summed E-state index contributed by atoms with van der Waals surface area (Å²) in [7, 11) is 4.22. The van der Waals surface area contributed by atoms with E-state index < -0.39 is 0 Å². The quantitative estimate of drug-likeness (QED) is 0.829. The van der Waals surface area contributed by atoms with Crippen molar-refractivity contribution >= 4 is 5.91 Å². The van der Waals surface area contributed by atoms with E-state index in [-0.39, 0.29) is 12.0 Å². The van der Waals surface area contributed by atoms with Crippen LogP contribution in [-0.4, -0.2) is 86.2 Å². The summed E-state index contributed by atoms with van der Waals surface area (Å²) in [6.45, 7) is 9.19. The SMILES string of the molecule is Cc1cc(C(=O)N2CC[C@@H]3OCCN(CCN(C)C)[C@H]3CC2)c(C)o1. The number of morpholine rings is 1. The van der Waals surface area contributed by atoms with Gasteiger partial charge in [0.2, 0.25) is 0 Å². The predicted octanol–water partition coefficient (Wildman–Crippen LogP) is 1.76. The summed E-state index contributed by atoms with van der Waals surface area (Å²) >= 11 is 0. The number of furan rings is 1. The number of hydrogen-bond donors (Lipinski definition) is 0. The van der Waals surface area contributed by atoms with Gasteiger partial charge in [0.05, 0.1) is 18.3 Å². The van der Waals surface area contributed by atoms with Crippen LogP contribution in [0.1, 0.15) is 34.7 Å². The van der Waals surface area contributed by atoms with Crippen LogP contribution in [-0.2, 0) is 4.74 Å². The van der Waals surface area contributed by atoms with Crippen LogP contribution in [0.4, 0.5) is 0 Å². The fourth-order valence-corrected chi connectivity index (χ4v) is 3.98. The van der Waals surface area contributed by atoms with E-state index in [1.54, 1.807) is 0 Å². The lowest BCUT2D eigenvalue weighted by atomic mass is 10.0. The number of amides is 1. The minimum absolute atomic E-state index is 0.0906. The highest BCUT2D eigenvalue weighted by molar-refractivity contribution is 5.95. The van der Waals surface area contributed by atoms with E-state index in [2.05, 4.69) is 23.9 Å². The summed E-state index contributed by atoms with van der Waals surface area (Å²) in [6, 6.07) is 2.27. The third-order valence-corrected chi connectivity index (χ3v) is 5.38. The van der Waals surface area contributed by atoms with Crippen molar-refractivity contribution in [2.24, 2.45) is 0 Å². The molecule has 1 aromatic rings. The van der Waals surface area contributed by atoms with Crippen molar-refractivity contribution in [3.05, 3.63) is 23.2 Å². The lowest BCUT2D eigenvalue weighted by Gasteiger charge is -2.40. The van der Waals surface area contributed by atoms with Crippen LogP contribution in [0.25, 0.3) is 0 Å². The van der Waals surface area contributed by atoms with Crippen molar-refractivity contribution in [1.82, 2.24) is 14.7 Å². The van der Waals surface area contributed by atoms with Crippen LogP contribution < -0.4 is 0 Å². The Balaban J connectivity index is 1.66. The van der Waals surface area contributed by atoms with Gasteiger partial charge in [-0.25, -0.2) is 0 Å². The van der Waals surface area contributed by atoms with Gasteiger partial charge in [-0.3, -0.25) is 9.69 Å². The van der Waals surface area contributed by atoms with E-state index in [1.807, 2.05) is 24.8 Å². The number of aryl methyl sites for hydroxylation is 2. The highest BCUT2D eigenvalue weighted by Gasteiger charge is 2.36. The van der Waals surface area contributed by atoms with Gasteiger partial charge in [0.25, 0.3) is 5.91 Å². The van der Waals surface area contributed by atoms with Crippen LogP contribution >= 0.6 is 0 Å². The van der Waals surface area contributed by atoms with Gasteiger partial charge >= 0.3 is 0 Å². The van der Waals surface area contributed by atoms with Gasteiger partial charge in [-0.1, -0.05) is 0 Å². The molecule has 2 aliphatic rings. The van der Waals surface area contributed by atoms with E-state index in [1.165, 1.54) is 0 Å². The Morgan fingerprint density at radius 3 is 2.68 bits per heavy atom. The molecule has 0 bridgehead atoms. The second kappa shape index (κ2) is 7.89. The Bertz CT molecular complexity index is 599. The first-order valence-corrected chi connectivity index (χ1v) is 9.32. The summed E-state index contributed by atoms with van der Waals surface area (Å²) in [5.41, 5.74) is 0.702. The standard InChI is InChI=1S/C19H31N3O3/c1-14-13-16(15(2)25-14)19(23)22-7-5-17-18(6-8-22)24-12-11-21(17)10-9-20(3)4/h13,17-18H,5-12H2,1-4H3/t17-,18-/m0/s1. The number of likely N-dealkylation sites (N-methyl/N-ethyl adjacent to an activating group) is 1. The van der Waals surface area contributed by atoms with E-state index in [4.69, 9.17) is 9.15 Å². The zero-order valence-electron chi connectivity index (χ0n) is 16.0. The first-order chi connectivity index (χ1) is 12.0. The molecule has 140 valence electrons. The molecule has 1 aromatic heterocycles. The number of carbonyl (C=O) groups excluding carboxylic acids is 1. The maximum Gasteiger partial charge on any atom is 0.257 e. The molecule has 2 aliphatic heterocycles. The minimum atomic E-state index is 0.0906. The molecular weight excluding hydrogens is 318 g/mol. The topological polar surface area (TPSA) is 49.2 Å². The van der Waals surface area contributed by atoms with Crippen molar-refractivity contribution in [1.29, 1.82) is 0 Å². The van der Waals surface area contributed by atoms with Crippen molar-refractivity contribution in [2.75, 3.05) is 53.4 Å². The molecule has 3 rings (SSSR count). The Morgan fingerprint density at radius 2 is 2.00 bits per heavy atom. The van der Waals surface area contributed by atoms with Crippen molar-refractivity contribution < 1.29 is 13.9 Å². The van der Waals surface area contributed by atoms with Gasteiger partial charge in [-0.05, 0) is 46.9 Å². The van der Waals surface area contributed by atoms with Crippen LogP contribution in [0.2, 0.25) is 0 Å². The molecule has 25 heavy (non-hydrogen) atoms. The van der Waals surface area contributed by atoms with Gasteiger partial charge in [-0.2, -0.15) is 0 Å². The number of carbonyl (C=O) groups is 1. The van der Waals surface area contributed by atoms with Crippen LogP contribution in [0.3, 0.4) is 0 Å². The summed E-state index contributed by atoms with van der Waals surface area (Å²) in [6.07, 6.45) is 2.12. The summed E-state index contributed by atoms with van der Waals surface area (Å²) in [5.74, 6) is 1.60. The molecule has 0 aromatic carbocycles. The van der Waals surface area contributed by atoms with E-state index >= 15 is 0 Å². The smallest absolute Gasteiger partial charge is 0.257 e. The van der Waals surface area contributed by atoms with E-state index in [0.717, 1.165) is 57.9 Å². The number of fused-ring (bicyclic) bond motifs is 1. The third kappa shape index (κ3) is 4.25. The largest absolute Gasteiger partial charge is 0.466 e. The molecule has 0 unspecified atom stereocenters. The van der Waals surface area contributed by atoms with E-state index in [9.17, 15) is 4.79 Å². The zero-order chi connectivity index (χ0) is 18.0. The zero-order valence-corrected chi connectivity index (χ0v) is 16.0. The highest BCUT2D eigenvalue weighted by atomic mass is 16.5. The monoisotopic (exact) mass is 349 g/mol. The predicted molar refractivity (Wildman–Crippen MR) is 97.0 cm³/mol. The lowest BCUT2D eigenvalue weighted by Crippen LogP contribution is -2.52. The molecule has 6 nitrogen and oxygen atoms in total. The Morgan fingerprint density at radius 1 is 1.24 bits per heavy atom. The number of ether oxygens (including phenoxy) is 1. The maximum absolute atomic E-state index is 12.9. The van der Waals surface area contributed by atoms with Gasteiger partial charge < -0.3 is 19.0 Å². The molecule has 6 heteroatoms. The first-order valence-electron chi connectivity index (χ1n) is 9.32. The van der Waals surface area contributed by atoms with Crippen molar-refractivity contribution in [3.8, 4) is 0 Å². The molecule has 1 amide bonds. The van der Waals surface area contributed by atoms with Gasteiger partial charge in [0.15, 0.2) is 0 Å². The molecule has 0 radical (unpaired) electrons. The highest BCUT2D eigenvalue weighted by Crippen LogP contribution is 2.25. The molecular formula is C19H31N3O3. The van der Waals surface area contributed by atoms with Crippen molar-refractivity contribution in [2.45, 2.75) is 38.8 Å². The van der Waals surface area contributed by atoms with Gasteiger partial charge in [0.1, 0.15) is 11.5 Å². The third-order valence-electron chi connectivity index (χ3n) is 5.38. The molecule has 0 aliphatic carbocycles. The molecule has 0 N–H and O–H groups in total. The molecule has 0 saturated carbocycles. The van der Waals surface area contributed by atoms with Crippen LogP contribution in [0.5, 0.6) is 0 Å². The Labute approximate surface area is 150 Å². The number of rotatable bonds is 4. The van der Waals surface area contributed by atoms with E-state index in [0.29, 0.717) is 17.4 Å². The second-order valence-electron chi connectivity index (χ2n) is 7.51. The minimum Gasteiger partial charge on any atom is -0.466 e. The summed E-state index contributed by atoms with van der Waals surface area (Å²) in [5, 5.41) is 0. The molecule has 2 fully saturated rings. The van der Waals surface area contributed by atoms with Gasteiger partial charge in [-0.15, -0.1) is 0 Å². The summed E-state index contributed by atoms with van der Waals surface area (Å²) in [4.78, 5) is 19.6. The number of hydrogen-bond acceptors (Lipinski definition) is 5. The molecule has 0 spiro atoms. The number of likely N-dealkylation sites (tertiary alicyclic amines) is 1. The fourth-order valence-electron chi connectivity index (χ4n) is 3.98. The fraction of sp³-hybridized carbons (Fsp3) is 0.737. The maximum atomic E-state index is 12.9. The Hall–Kier alpha value is -1.37. The van der Waals surface area contributed by atoms with Crippen LogP contribution in [0.15, 0.2) is 10.5 Å². The molecule has 2 atom stereocenters. The normalized spacial score (nSPS) is 25.1. The Kier molecular flexibility index (Phi) is 5.81. The summed E-state index contributed by atoms with van der Waals surface area (Å²) < 4.78 is 11.6. The van der Waals surface area contributed by atoms with Crippen molar-refractivity contribution in [3.63, 3.8) is 0 Å². The second-order valence-corrected chi connectivity index (χ2v) is 7.51. The molecule has 2 saturated heterocycles. The molecule has 3 heterocycles. The average Bonchev–Trinajstić information content (AvgIpc) is 2.79. The lowest BCUT2D eigenvalue weighted by molar-refractivity contribution is -0.0724. The van der Waals surface area contributed by atoms with Crippen LogP contribution in [0, 0.1) is 13.8 Å². The number of nitrogens with zero attached hydrogens (tertiary/aromatic N) is 3.